The topological polar surface area (TPSA) is 107 Å². The Hall–Kier alpha value is -1.85. The lowest BCUT2D eigenvalue weighted by Gasteiger charge is -2.23. The molecular formula is C11H19N5O. The fourth-order valence-electron chi connectivity index (χ4n) is 1.19. The molecule has 0 atom stereocenters. The van der Waals surface area contributed by atoms with E-state index in [9.17, 15) is 4.79 Å². The van der Waals surface area contributed by atoms with E-state index in [0.29, 0.717) is 17.5 Å². The van der Waals surface area contributed by atoms with Crippen molar-refractivity contribution in [1.82, 2.24) is 9.97 Å². The number of rotatable bonds is 4. The first-order chi connectivity index (χ1) is 7.72. The van der Waals surface area contributed by atoms with Crippen LogP contribution in [-0.4, -0.2) is 21.4 Å². The summed E-state index contributed by atoms with van der Waals surface area (Å²) in [6.45, 7) is 7.31. The number of nitrogens with zero attached hydrogens (tertiary/aromatic N) is 2. The highest BCUT2D eigenvalue weighted by molar-refractivity contribution is 5.86. The number of nitrogens with two attached hydrogens (primary N) is 2. The number of aromatic nitrogens is 2. The van der Waals surface area contributed by atoms with Crippen LogP contribution in [-0.2, 0) is 4.79 Å². The molecule has 94 valence electrons. The molecule has 0 bridgehead atoms. The summed E-state index contributed by atoms with van der Waals surface area (Å²) in [6.07, 6.45) is 0. The fourth-order valence-corrected chi connectivity index (χ4v) is 1.19. The summed E-state index contributed by atoms with van der Waals surface area (Å²) < 4.78 is 0. The maximum atomic E-state index is 11.2. The molecule has 6 nitrogen and oxygen atoms in total. The van der Waals surface area contributed by atoms with E-state index in [1.54, 1.807) is 19.9 Å². The molecule has 1 aromatic heterocycles. The number of nitrogen functional groups attached to an aromatic ring is 1. The average molecular weight is 237 g/mol. The number of hydrogen-bond acceptors (Lipinski definition) is 5. The van der Waals surface area contributed by atoms with Gasteiger partial charge in [0.15, 0.2) is 0 Å². The molecule has 0 aliphatic heterocycles. The second-order valence-corrected chi connectivity index (χ2v) is 4.81. The van der Waals surface area contributed by atoms with E-state index in [1.165, 1.54) is 0 Å². The van der Waals surface area contributed by atoms with Gasteiger partial charge < -0.3 is 16.8 Å². The minimum atomic E-state index is -0.880. The quantitative estimate of drug-likeness (QED) is 0.720. The van der Waals surface area contributed by atoms with Crippen molar-refractivity contribution in [2.45, 2.75) is 39.2 Å². The van der Waals surface area contributed by atoms with Crippen LogP contribution < -0.4 is 16.8 Å². The SMILES string of the molecule is CC(C)c1nc(N)cc(NC(C)(C)C(N)=O)n1. The molecule has 6 heteroatoms. The largest absolute Gasteiger partial charge is 0.384 e. The lowest BCUT2D eigenvalue weighted by molar-refractivity contribution is -0.121. The molecule has 1 heterocycles. The molecule has 1 rings (SSSR count). The van der Waals surface area contributed by atoms with Gasteiger partial charge in [0.05, 0.1) is 0 Å². The van der Waals surface area contributed by atoms with Gasteiger partial charge in [0.2, 0.25) is 5.91 Å². The van der Waals surface area contributed by atoms with E-state index in [0.717, 1.165) is 0 Å². The number of carbonyl (C=O) groups excluding carboxylic acids is 1. The van der Waals surface area contributed by atoms with E-state index in [-0.39, 0.29) is 5.92 Å². The highest BCUT2D eigenvalue weighted by Gasteiger charge is 2.25. The van der Waals surface area contributed by atoms with E-state index in [2.05, 4.69) is 15.3 Å². The van der Waals surface area contributed by atoms with Crippen molar-refractivity contribution in [2.75, 3.05) is 11.1 Å². The highest BCUT2D eigenvalue weighted by Crippen LogP contribution is 2.18. The Kier molecular flexibility index (Phi) is 3.55. The fraction of sp³-hybridized carbons (Fsp3) is 0.545. The minimum absolute atomic E-state index is 0.163. The summed E-state index contributed by atoms with van der Waals surface area (Å²) in [5.41, 5.74) is 10.1. The molecule has 0 spiro atoms. The summed E-state index contributed by atoms with van der Waals surface area (Å²) in [6, 6.07) is 1.58. The van der Waals surface area contributed by atoms with Crippen LogP contribution in [0.25, 0.3) is 0 Å². The normalized spacial score (nSPS) is 11.6. The van der Waals surface area contributed by atoms with Crippen LogP contribution in [0.5, 0.6) is 0 Å². The van der Waals surface area contributed by atoms with Gasteiger partial charge in [0, 0.05) is 12.0 Å². The maximum Gasteiger partial charge on any atom is 0.242 e. The second-order valence-electron chi connectivity index (χ2n) is 4.81. The van der Waals surface area contributed by atoms with Crippen LogP contribution in [0.4, 0.5) is 11.6 Å². The molecule has 0 unspecified atom stereocenters. The van der Waals surface area contributed by atoms with Gasteiger partial charge in [0.25, 0.3) is 0 Å². The van der Waals surface area contributed by atoms with Gasteiger partial charge in [-0.15, -0.1) is 0 Å². The smallest absolute Gasteiger partial charge is 0.242 e. The Morgan fingerprint density at radius 3 is 2.47 bits per heavy atom. The van der Waals surface area contributed by atoms with Crippen molar-refractivity contribution in [2.24, 2.45) is 5.73 Å². The van der Waals surface area contributed by atoms with Crippen LogP contribution in [0.15, 0.2) is 6.07 Å². The molecule has 0 aliphatic carbocycles. The lowest BCUT2D eigenvalue weighted by atomic mass is 10.1. The van der Waals surface area contributed by atoms with E-state index in [1.807, 2.05) is 13.8 Å². The molecule has 1 aromatic rings. The number of hydrogen-bond donors (Lipinski definition) is 3. The van der Waals surface area contributed by atoms with E-state index in [4.69, 9.17) is 11.5 Å². The van der Waals surface area contributed by atoms with Crippen molar-refractivity contribution >= 4 is 17.5 Å². The standard InChI is InChI=1S/C11H19N5O/c1-6(2)9-14-7(12)5-8(15-9)16-11(3,4)10(13)17/h5-6H,1-4H3,(H2,13,17)(H3,12,14,15,16). The van der Waals surface area contributed by atoms with Crippen molar-refractivity contribution in [3.05, 3.63) is 11.9 Å². The molecule has 0 saturated heterocycles. The molecule has 0 saturated carbocycles. The number of amides is 1. The maximum absolute atomic E-state index is 11.2. The third-order valence-corrected chi connectivity index (χ3v) is 2.34. The first-order valence-corrected chi connectivity index (χ1v) is 5.45. The second kappa shape index (κ2) is 4.57. The predicted octanol–water partition coefficient (Wildman–Crippen LogP) is 0.858. The Labute approximate surface area is 101 Å². The Bertz CT molecular complexity index is 428. The van der Waals surface area contributed by atoms with Gasteiger partial charge >= 0.3 is 0 Å². The Balaban J connectivity index is 3.03. The van der Waals surface area contributed by atoms with Gasteiger partial charge in [-0.3, -0.25) is 4.79 Å². The van der Waals surface area contributed by atoms with Gasteiger partial charge in [-0.05, 0) is 13.8 Å². The van der Waals surface area contributed by atoms with Gasteiger partial charge in [-0.2, -0.15) is 0 Å². The number of carbonyl (C=O) groups is 1. The van der Waals surface area contributed by atoms with E-state index < -0.39 is 11.4 Å². The monoisotopic (exact) mass is 237 g/mol. The summed E-state index contributed by atoms with van der Waals surface area (Å²) in [7, 11) is 0. The first kappa shape index (κ1) is 13.2. The molecular weight excluding hydrogens is 218 g/mol. The summed E-state index contributed by atoms with van der Waals surface area (Å²) in [5.74, 6) is 1.21. The van der Waals surface area contributed by atoms with Crippen molar-refractivity contribution < 1.29 is 4.79 Å². The van der Waals surface area contributed by atoms with Crippen molar-refractivity contribution in [1.29, 1.82) is 0 Å². The lowest BCUT2D eigenvalue weighted by Crippen LogP contribution is -2.45. The van der Waals surface area contributed by atoms with Crippen molar-refractivity contribution in [3.63, 3.8) is 0 Å². The summed E-state index contributed by atoms with van der Waals surface area (Å²) in [5, 5.41) is 2.95. The molecule has 0 radical (unpaired) electrons. The zero-order valence-electron chi connectivity index (χ0n) is 10.6. The minimum Gasteiger partial charge on any atom is -0.384 e. The zero-order chi connectivity index (χ0) is 13.2. The number of anilines is 2. The van der Waals surface area contributed by atoms with Crippen LogP contribution in [0.3, 0.4) is 0 Å². The molecule has 1 amide bonds. The molecule has 0 fully saturated rings. The van der Waals surface area contributed by atoms with Gasteiger partial charge in [0.1, 0.15) is 23.0 Å². The third kappa shape index (κ3) is 3.30. The van der Waals surface area contributed by atoms with Crippen LogP contribution in [0, 0.1) is 0 Å². The van der Waals surface area contributed by atoms with E-state index >= 15 is 0 Å². The summed E-state index contributed by atoms with van der Waals surface area (Å²) in [4.78, 5) is 19.6. The predicted molar refractivity (Wildman–Crippen MR) is 67.4 cm³/mol. The molecule has 5 N–H and O–H groups in total. The van der Waals surface area contributed by atoms with Crippen molar-refractivity contribution in [3.8, 4) is 0 Å². The highest BCUT2D eigenvalue weighted by atomic mass is 16.1. The molecule has 0 aliphatic rings. The van der Waals surface area contributed by atoms with Crippen LogP contribution in [0.2, 0.25) is 0 Å². The molecule has 17 heavy (non-hydrogen) atoms. The number of primary amides is 1. The van der Waals surface area contributed by atoms with Crippen LogP contribution >= 0.6 is 0 Å². The Morgan fingerprint density at radius 2 is 2.00 bits per heavy atom. The van der Waals surface area contributed by atoms with Crippen LogP contribution in [0.1, 0.15) is 39.4 Å². The number of nitrogens with one attached hydrogen (secondary N) is 1. The van der Waals surface area contributed by atoms with Gasteiger partial charge in [-0.1, -0.05) is 13.8 Å². The Morgan fingerprint density at radius 1 is 1.41 bits per heavy atom. The third-order valence-electron chi connectivity index (χ3n) is 2.34. The summed E-state index contributed by atoms with van der Waals surface area (Å²) >= 11 is 0. The molecule has 0 aromatic carbocycles. The first-order valence-electron chi connectivity index (χ1n) is 5.45. The zero-order valence-corrected chi connectivity index (χ0v) is 10.6. The van der Waals surface area contributed by atoms with Gasteiger partial charge in [-0.25, -0.2) is 9.97 Å². The average Bonchev–Trinajstić information content (AvgIpc) is 2.15.